The molecule has 0 saturated heterocycles. The van der Waals surface area contributed by atoms with Gasteiger partial charge >= 0.3 is 0 Å². The Balaban J connectivity index is 2.65. The lowest BCUT2D eigenvalue weighted by atomic mass is 10.2. The molecule has 0 aromatic heterocycles. The van der Waals surface area contributed by atoms with Crippen molar-refractivity contribution in [3.8, 4) is 0 Å². The first-order chi connectivity index (χ1) is 6.63. The molecule has 0 fully saturated rings. The highest BCUT2D eigenvalue weighted by Gasteiger charge is 2.07. The van der Waals surface area contributed by atoms with Gasteiger partial charge in [0.1, 0.15) is 0 Å². The van der Waals surface area contributed by atoms with Gasteiger partial charge in [-0.05, 0) is 31.2 Å². The topological polar surface area (TPSA) is 55.1 Å². The van der Waals surface area contributed by atoms with Crippen LogP contribution in [0, 0.1) is 0 Å². The van der Waals surface area contributed by atoms with Crippen LogP contribution in [0.1, 0.15) is 17.3 Å². The predicted molar refractivity (Wildman–Crippen MR) is 57.4 cm³/mol. The second kappa shape index (κ2) is 4.98. The van der Waals surface area contributed by atoms with Crippen molar-refractivity contribution < 1.29 is 4.79 Å². The number of hydrogen-bond acceptors (Lipinski definition) is 2. The summed E-state index contributed by atoms with van der Waals surface area (Å²) in [7, 11) is 0. The highest BCUT2D eigenvalue weighted by Crippen LogP contribution is 2.09. The first-order valence-corrected chi connectivity index (χ1v) is 4.77. The number of hydrogen-bond donors (Lipinski definition) is 2. The monoisotopic (exact) mass is 212 g/mol. The molecule has 0 aliphatic carbocycles. The van der Waals surface area contributed by atoms with E-state index in [1.807, 2.05) is 6.92 Å². The van der Waals surface area contributed by atoms with Crippen LogP contribution in [-0.2, 0) is 0 Å². The maximum absolute atomic E-state index is 11.5. The maximum Gasteiger partial charge on any atom is 0.251 e. The highest BCUT2D eigenvalue weighted by atomic mass is 35.5. The molecular weight excluding hydrogens is 200 g/mol. The fraction of sp³-hybridized carbons (Fsp3) is 0.300. The Morgan fingerprint density at radius 1 is 1.50 bits per heavy atom. The molecule has 0 unspecified atom stereocenters. The molecule has 0 saturated carbocycles. The van der Waals surface area contributed by atoms with E-state index in [9.17, 15) is 4.79 Å². The summed E-state index contributed by atoms with van der Waals surface area (Å²) in [5.74, 6) is -0.125. The van der Waals surface area contributed by atoms with E-state index in [0.29, 0.717) is 17.1 Å². The Bertz CT molecular complexity index is 310. The summed E-state index contributed by atoms with van der Waals surface area (Å²) in [6, 6.07) is 6.72. The molecule has 0 heterocycles. The standard InChI is InChI=1S/C10H13ClN2O/c1-7(6-12)13-10(14)8-2-4-9(11)5-3-8/h2-5,7H,6,12H2,1H3,(H,13,14)/t7-/m1/s1. The first kappa shape index (κ1) is 11.0. The van der Waals surface area contributed by atoms with Crippen LogP contribution in [0.5, 0.6) is 0 Å². The van der Waals surface area contributed by atoms with Gasteiger partial charge in [-0.1, -0.05) is 11.6 Å². The zero-order valence-electron chi connectivity index (χ0n) is 7.96. The molecule has 0 radical (unpaired) electrons. The Morgan fingerprint density at radius 3 is 2.57 bits per heavy atom. The van der Waals surface area contributed by atoms with Gasteiger partial charge in [0.05, 0.1) is 0 Å². The third-order valence-corrected chi connectivity index (χ3v) is 2.09. The first-order valence-electron chi connectivity index (χ1n) is 4.40. The van der Waals surface area contributed by atoms with E-state index in [2.05, 4.69) is 5.32 Å². The summed E-state index contributed by atoms with van der Waals surface area (Å²) in [5, 5.41) is 3.38. The van der Waals surface area contributed by atoms with E-state index in [1.165, 1.54) is 0 Å². The van der Waals surface area contributed by atoms with Crippen LogP contribution in [0.25, 0.3) is 0 Å². The predicted octanol–water partition coefficient (Wildman–Crippen LogP) is 1.42. The van der Waals surface area contributed by atoms with Crippen LogP contribution < -0.4 is 11.1 Å². The van der Waals surface area contributed by atoms with Crippen LogP contribution >= 0.6 is 11.6 Å². The average Bonchev–Trinajstić information content (AvgIpc) is 2.18. The van der Waals surface area contributed by atoms with Crippen molar-refractivity contribution in [1.29, 1.82) is 0 Å². The smallest absolute Gasteiger partial charge is 0.251 e. The molecule has 0 bridgehead atoms. The molecule has 0 spiro atoms. The number of nitrogens with two attached hydrogens (primary N) is 1. The van der Waals surface area contributed by atoms with Crippen LogP contribution in [0.4, 0.5) is 0 Å². The minimum atomic E-state index is -0.125. The molecular formula is C10H13ClN2O. The third-order valence-electron chi connectivity index (χ3n) is 1.84. The van der Waals surface area contributed by atoms with E-state index < -0.39 is 0 Å². The van der Waals surface area contributed by atoms with Gasteiger partial charge in [-0.15, -0.1) is 0 Å². The molecule has 3 N–H and O–H groups in total. The number of benzene rings is 1. The van der Waals surface area contributed by atoms with Crippen LogP contribution in [0.15, 0.2) is 24.3 Å². The molecule has 4 heteroatoms. The summed E-state index contributed by atoms with van der Waals surface area (Å²) in [6.07, 6.45) is 0. The Kier molecular flexibility index (Phi) is 3.92. The van der Waals surface area contributed by atoms with Crippen molar-refractivity contribution >= 4 is 17.5 Å². The van der Waals surface area contributed by atoms with Gasteiger partial charge in [0.25, 0.3) is 5.91 Å². The molecule has 1 aromatic carbocycles. The quantitative estimate of drug-likeness (QED) is 0.796. The largest absolute Gasteiger partial charge is 0.348 e. The SMILES string of the molecule is C[C@H](CN)NC(=O)c1ccc(Cl)cc1. The lowest BCUT2D eigenvalue weighted by Gasteiger charge is -2.10. The molecule has 76 valence electrons. The maximum atomic E-state index is 11.5. The van der Waals surface area contributed by atoms with Crippen molar-refractivity contribution in [1.82, 2.24) is 5.32 Å². The lowest BCUT2D eigenvalue weighted by molar-refractivity contribution is 0.0941. The summed E-state index contributed by atoms with van der Waals surface area (Å²) in [4.78, 5) is 11.5. The molecule has 1 atom stereocenters. The fourth-order valence-corrected chi connectivity index (χ4v) is 1.09. The van der Waals surface area contributed by atoms with Gasteiger partial charge in [-0.25, -0.2) is 0 Å². The minimum absolute atomic E-state index is 0.0156. The van der Waals surface area contributed by atoms with E-state index in [0.717, 1.165) is 0 Å². The average molecular weight is 213 g/mol. The second-order valence-corrected chi connectivity index (χ2v) is 3.55. The number of carbonyl (C=O) groups excluding carboxylic acids is 1. The summed E-state index contributed by atoms with van der Waals surface area (Å²) >= 11 is 5.70. The number of nitrogens with one attached hydrogen (secondary N) is 1. The van der Waals surface area contributed by atoms with Crippen molar-refractivity contribution in [2.75, 3.05) is 6.54 Å². The normalized spacial score (nSPS) is 12.2. The Hall–Kier alpha value is -1.06. The zero-order valence-corrected chi connectivity index (χ0v) is 8.71. The number of carbonyl (C=O) groups is 1. The van der Waals surface area contributed by atoms with Gasteiger partial charge in [0, 0.05) is 23.2 Å². The molecule has 14 heavy (non-hydrogen) atoms. The minimum Gasteiger partial charge on any atom is -0.348 e. The Labute approximate surface area is 88.2 Å². The van der Waals surface area contributed by atoms with Crippen molar-refractivity contribution in [2.45, 2.75) is 13.0 Å². The lowest BCUT2D eigenvalue weighted by Crippen LogP contribution is -2.37. The number of rotatable bonds is 3. The number of halogens is 1. The van der Waals surface area contributed by atoms with Crippen molar-refractivity contribution in [3.05, 3.63) is 34.9 Å². The highest BCUT2D eigenvalue weighted by molar-refractivity contribution is 6.30. The van der Waals surface area contributed by atoms with Gasteiger partial charge in [-0.3, -0.25) is 4.79 Å². The molecule has 0 aliphatic rings. The van der Waals surface area contributed by atoms with Gasteiger partial charge in [0.2, 0.25) is 0 Å². The van der Waals surface area contributed by atoms with Crippen LogP contribution in [-0.4, -0.2) is 18.5 Å². The van der Waals surface area contributed by atoms with Gasteiger partial charge in [-0.2, -0.15) is 0 Å². The van der Waals surface area contributed by atoms with Crippen molar-refractivity contribution in [3.63, 3.8) is 0 Å². The van der Waals surface area contributed by atoms with Crippen molar-refractivity contribution in [2.24, 2.45) is 5.73 Å². The van der Waals surface area contributed by atoms with Gasteiger partial charge < -0.3 is 11.1 Å². The van der Waals surface area contributed by atoms with E-state index >= 15 is 0 Å². The van der Waals surface area contributed by atoms with Gasteiger partial charge in [0.15, 0.2) is 0 Å². The molecule has 3 nitrogen and oxygen atoms in total. The number of amides is 1. The van der Waals surface area contributed by atoms with E-state index in [4.69, 9.17) is 17.3 Å². The summed E-state index contributed by atoms with van der Waals surface area (Å²) in [5.41, 5.74) is 5.98. The third kappa shape index (κ3) is 3.01. The van der Waals surface area contributed by atoms with E-state index in [1.54, 1.807) is 24.3 Å². The summed E-state index contributed by atoms with van der Waals surface area (Å²) < 4.78 is 0. The molecule has 0 aliphatic heterocycles. The van der Waals surface area contributed by atoms with E-state index in [-0.39, 0.29) is 11.9 Å². The Morgan fingerprint density at radius 2 is 2.07 bits per heavy atom. The summed E-state index contributed by atoms with van der Waals surface area (Å²) in [6.45, 7) is 2.28. The second-order valence-electron chi connectivity index (χ2n) is 3.12. The molecule has 1 aromatic rings. The fourth-order valence-electron chi connectivity index (χ4n) is 0.967. The zero-order chi connectivity index (χ0) is 10.6. The molecule has 1 rings (SSSR count). The van der Waals surface area contributed by atoms with Crippen LogP contribution in [0.3, 0.4) is 0 Å². The molecule has 1 amide bonds. The van der Waals surface area contributed by atoms with Crippen LogP contribution in [0.2, 0.25) is 5.02 Å².